The Morgan fingerprint density at radius 1 is 1.25 bits per heavy atom. The minimum Gasteiger partial charge on any atom is -0.482 e. The van der Waals surface area contributed by atoms with Gasteiger partial charge in [0.1, 0.15) is 11.6 Å². The number of anilines is 1. The SMILES string of the molecule is Cc1ccc(NC(=O)COc2ccc(F)cc2Cl)cc1. The number of carbonyl (C=O) groups excluding carboxylic acids is 1. The Labute approximate surface area is 121 Å². The van der Waals surface area contributed by atoms with Crippen molar-refractivity contribution in [2.75, 3.05) is 11.9 Å². The maximum atomic E-state index is 12.8. The standard InChI is InChI=1S/C15H13ClFNO2/c1-10-2-5-12(6-3-10)18-15(19)9-20-14-7-4-11(17)8-13(14)16/h2-8H,9H2,1H3,(H,18,19). The van der Waals surface area contributed by atoms with Gasteiger partial charge in [0.25, 0.3) is 5.91 Å². The monoisotopic (exact) mass is 293 g/mol. The topological polar surface area (TPSA) is 38.3 Å². The number of aryl methyl sites for hydroxylation is 1. The molecular formula is C15H13ClFNO2. The van der Waals surface area contributed by atoms with E-state index in [1.165, 1.54) is 12.1 Å². The van der Waals surface area contributed by atoms with Crippen LogP contribution in [0.15, 0.2) is 42.5 Å². The van der Waals surface area contributed by atoms with Gasteiger partial charge in [-0.2, -0.15) is 0 Å². The third-order valence-electron chi connectivity index (χ3n) is 2.59. The molecule has 1 N–H and O–H groups in total. The first-order chi connectivity index (χ1) is 9.54. The Morgan fingerprint density at radius 3 is 2.60 bits per heavy atom. The van der Waals surface area contributed by atoms with Gasteiger partial charge in [-0.25, -0.2) is 4.39 Å². The van der Waals surface area contributed by atoms with Crippen LogP contribution >= 0.6 is 11.6 Å². The molecule has 2 rings (SSSR count). The number of hydrogen-bond acceptors (Lipinski definition) is 2. The number of amides is 1. The molecule has 104 valence electrons. The molecule has 2 aromatic carbocycles. The van der Waals surface area contributed by atoms with E-state index in [0.717, 1.165) is 11.6 Å². The van der Waals surface area contributed by atoms with E-state index in [0.29, 0.717) is 5.69 Å². The lowest BCUT2D eigenvalue weighted by atomic mass is 10.2. The molecule has 0 spiro atoms. The Balaban J connectivity index is 1.90. The minimum absolute atomic E-state index is 0.133. The molecule has 0 aromatic heterocycles. The lowest BCUT2D eigenvalue weighted by Crippen LogP contribution is -2.20. The zero-order valence-corrected chi connectivity index (χ0v) is 11.6. The van der Waals surface area contributed by atoms with Gasteiger partial charge < -0.3 is 10.1 Å². The second-order valence-corrected chi connectivity index (χ2v) is 4.68. The molecule has 0 atom stereocenters. The van der Waals surface area contributed by atoms with Crippen molar-refractivity contribution in [3.8, 4) is 5.75 Å². The summed E-state index contributed by atoms with van der Waals surface area (Å²) in [5, 5.41) is 2.82. The van der Waals surface area contributed by atoms with E-state index in [1.807, 2.05) is 19.1 Å². The summed E-state index contributed by atoms with van der Waals surface area (Å²) >= 11 is 5.79. The summed E-state index contributed by atoms with van der Waals surface area (Å²) in [6.07, 6.45) is 0. The summed E-state index contributed by atoms with van der Waals surface area (Å²) < 4.78 is 18.1. The van der Waals surface area contributed by atoms with Crippen LogP contribution in [0.2, 0.25) is 5.02 Å². The third-order valence-corrected chi connectivity index (χ3v) is 2.88. The van der Waals surface area contributed by atoms with Gasteiger partial charge in [0.05, 0.1) is 5.02 Å². The van der Waals surface area contributed by atoms with Crippen molar-refractivity contribution in [1.82, 2.24) is 0 Å². The molecule has 0 aliphatic carbocycles. The number of nitrogens with one attached hydrogen (secondary N) is 1. The largest absolute Gasteiger partial charge is 0.482 e. The van der Waals surface area contributed by atoms with E-state index >= 15 is 0 Å². The summed E-state index contributed by atoms with van der Waals surface area (Å²) in [6.45, 7) is 1.77. The van der Waals surface area contributed by atoms with Gasteiger partial charge >= 0.3 is 0 Å². The number of benzene rings is 2. The molecule has 0 aliphatic heterocycles. The molecule has 0 heterocycles. The average Bonchev–Trinajstić information content (AvgIpc) is 2.40. The zero-order valence-electron chi connectivity index (χ0n) is 10.8. The van der Waals surface area contributed by atoms with E-state index in [9.17, 15) is 9.18 Å². The predicted molar refractivity (Wildman–Crippen MR) is 76.7 cm³/mol. The molecule has 3 nitrogen and oxygen atoms in total. The van der Waals surface area contributed by atoms with Crippen LogP contribution in [0.1, 0.15) is 5.56 Å². The van der Waals surface area contributed by atoms with Crippen LogP contribution in [0.5, 0.6) is 5.75 Å². The summed E-state index contributed by atoms with van der Waals surface area (Å²) in [5.74, 6) is -0.493. The first kappa shape index (κ1) is 14.3. The van der Waals surface area contributed by atoms with Crippen LogP contribution in [0.25, 0.3) is 0 Å². The number of carbonyl (C=O) groups is 1. The highest BCUT2D eigenvalue weighted by Gasteiger charge is 2.07. The highest BCUT2D eigenvalue weighted by molar-refractivity contribution is 6.32. The first-order valence-corrected chi connectivity index (χ1v) is 6.37. The van der Waals surface area contributed by atoms with Crippen LogP contribution in [-0.2, 0) is 4.79 Å². The molecule has 20 heavy (non-hydrogen) atoms. The van der Waals surface area contributed by atoms with Crippen molar-refractivity contribution in [3.05, 3.63) is 58.9 Å². The van der Waals surface area contributed by atoms with Crippen LogP contribution in [0.3, 0.4) is 0 Å². The number of hydrogen-bond donors (Lipinski definition) is 1. The normalized spacial score (nSPS) is 10.2. The number of rotatable bonds is 4. The molecule has 0 unspecified atom stereocenters. The van der Waals surface area contributed by atoms with Gasteiger partial charge in [0.15, 0.2) is 6.61 Å². The Bertz CT molecular complexity index is 614. The van der Waals surface area contributed by atoms with Crippen molar-refractivity contribution in [2.45, 2.75) is 6.92 Å². The fraction of sp³-hybridized carbons (Fsp3) is 0.133. The molecule has 5 heteroatoms. The third kappa shape index (κ3) is 3.96. The van der Waals surface area contributed by atoms with Crippen molar-refractivity contribution in [3.63, 3.8) is 0 Å². The summed E-state index contributed by atoms with van der Waals surface area (Å²) in [6, 6.07) is 11.1. The van der Waals surface area contributed by atoms with E-state index in [2.05, 4.69) is 5.32 Å². The summed E-state index contributed by atoms with van der Waals surface area (Å²) in [4.78, 5) is 11.7. The minimum atomic E-state index is -0.452. The predicted octanol–water partition coefficient (Wildman–Crippen LogP) is 3.81. The van der Waals surface area contributed by atoms with Gasteiger partial charge in [-0.1, -0.05) is 29.3 Å². The van der Waals surface area contributed by atoms with Gasteiger partial charge in [-0.15, -0.1) is 0 Å². The average molecular weight is 294 g/mol. The molecule has 0 saturated carbocycles. The fourth-order valence-corrected chi connectivity index (χ4v) is 1.79. The van der Waals surface area contributed by atoms with Gasteiger partial charge in [0.2, 0.25) is 0 Å². The lowest BCUT2D eigenvalue weighted by Gasteiger charge is -2.09. The maximum Gasteiger partial charge on any atom is 0.262 e. The van der Waals surface area contributed by atoms with Crippen LogP contribution < -0.4 is 10.1 Å². The van der Waals surface area contributed by atoms with Crippen molar-refractivity contribution in [2.24, 2.45) is 0 Å². The first-order valence-electron chi connectivity index (χ1n) is 5.99. The zero-order chi connectivity index (χ0) is 14.5. The fourth-order valence-electron chi connectivity index (χ4n) is 1.57. The van der Waals surface area contributed by atoms with E-state index in [1.54, 1.807) is 12.1 Å². The van der Waals surface area contributed by atoms with Gasteiger partial charge in [-0.3, -0.25) is 4.79 Å². The summed E-state index contributed by atoms with van der Waals surface area (Å²) in [5.41, 5.74) is 1.80. The van der Waals surface area contributed by atoms with Crippen molar-refractivity contribution >= 4 is 23.2 Å². The Hall–Kier alpha value is -2.07. The van der Waals surface area contributed by atoms with E-state index in [4.69, 9.17) is 16.3 Å². The Morgan fingerprint density at radius 2 is 1.95 bits per heavy atom. The van der Waals surface area contributed by atoms with Crippen molar-refractivity contribution in [1.29, 1.82) is 0 Å². The molecular weight excluding hydrogens is 281 g/mol. The maximum absolute atomic E-state index is 12.8. The number of halogens is 2. The lowest BCUT2D eigenvalue weighted by molar-refractivity contribution is -0.118. The van der Waals surface area contributed by atoms with Gasteiger partial charge in [0, 0.05) is 5.69 Å². The smallest absolute Gasteiger partial charge is 0.262 e. The van der Waals surface area contributed by atoms with Crippen LogP contribution in [0, 0.1) is 12.7 Å². The van der Waals surface area contributed by atoms with E-state index < -0.39 is 5.82 Å². The highest BCUT2D eigenvalue weighted by atomic mass is 35.5. The molecule has 1 amide bonds. The van der Waals surface area contributed by atoms with E-state index in [-0.39, 0.29) is 23.3 Å². The molecule has 2 aromatic rings. The van der Waals surface area contributed by atoms with Crippen molar-refractivity contribution < 1.29 is 13.9 Å². The van der Waals surface area contributed by atoms with Gasteiger partial charge in [-0.05, 0) is 37.3 Å². The summed E-state index contributed by atoms with van der Waals surface area (Å²) in [7, 11) is 0. The Kier molecular flexibility index (Phi) is 4.58. The number of ether oxygens (including phenoxy) is 1. The van der Waals surface area contributed by atoms with Crippen LogP contribution in [0.4, 0.5) is 10.1 Å². The molecule has 0 saturated heterocycles. The quantitative estimate of drug-likeness (QED) is 0.931. The second kappa shape index (κ2) is 6.39. The molecule has 0 aliphatic rings. The second-order valence-electron chi connectivity index (χ2n) is 4.28. The highest BCUT2D eigenvalue weighted by Crippen LogP contribution is 2.24. The van der Waals surface area contributed by atoms with Crippen LogP contribution in [-0.4, -0.2) is 12.5 Å². The molecule has 0 bridgehead atoms. The molecule has 0 radical (unpaired) electrons. The molecule has 0 fully saturated rings.